The number of aromatic nitrogens is 1. The van der Waals surface area contributed by atoms with E-state index in [1.54, 1.807) is 18.2 Å². The van der Waals surface area contributed by atoms with Crippen LogP contribution >= 0.6 is 27.3 Å². The Labute approximate surface area is 161 Å². The number of benzene rings is 2. The Balaban J connectivity index is 1.87. The number of rotatable bonds is 3. The highest BCUT2D eigenvalue weighted by atomic mass is 79.9. The van der Waals surface area contributed by atoms with E-state index in [0.717, 1.165) is 32.4 Å². The van der Waals surface area contributed by atoms with Crippen molar-refractivity contribution in [3.63, 3.8) is 0 Å². The zero-order valence-corrected chi connectivity index (χ0v) is 16.2. The van der Waals surface area contributed by atoms with E-state index in [1.165, 1.54) is 17.4 Å². The Morgan fingerprint density at radius 1 is 1.15 bits per heavy atom. The van der Waals surface area contributed by atoms with Crippen LogP contribution in [0.1, 0.15) is 11.8 Å². The van der Waals surface area contributed by atoms with Crippen molar-refractivity contribution < 1.29 is 9.52 Å². The van der Waals surface area contributed by atoms with Gasteiger partial charge in [0.15, 0.2) is 0 Å². The number of hydrogen-bond acceptors (Lipinski definition) is 5. The quantitative estimate of drug-likeness (QED) is 0.431. The highest BCUT2D eigenvalue weighted by molar-refractivity contribution is 9.10. The highest BCUT2D eigenvalue weighted by Crippen LogP contribution is 2.34. The van der Waals surface area contributed by atoms with Crippen molar-refractivity contribution in [1.82, 2.24) is 4.98 Å². The molecule has 0 aliphatic heterocycles. The lowest BCUT2D eigenvalue weighted by molar-refractivity contribution is 0.473. The van der Waals surface area contributed by atoms with Crippen LogP contribution in [0.2, 0.25) is 0 Å². The summed E-state index contributed by atoms with van der Waals surface area (Å²) in [7, 11) is 0. The molecule has 130 valence electrons. The SMILES string of the molecule is CCc1sc(-c2cc3ccc(O)cc3oc2=O)nc1-c1ccc(Br)cc1. The number of thiazole rings is 1. The third-order valence-electron chi connectivity index (χ3n) is 4.09. The fourth-order valence-corrected chi connectivity index (χ4v) is 4.08. The maximum atomic E-state index is 12.4. The van der Waals surface area contributed by atoms with E-state index in [0.29, 0.717) is 16.2 Å². The molecule has 2 heterocycles. The molecule has 0 spiro atoms. The van der Waals surface area contributed by atoms with Crippen molar-refractivity contribution in [2.45, 2.75) is 13.3 Å². The first-order valence-electron chi connectivity index (χ1n) is 8.08. The molecule has 4 aromatic rings. The van der Waals surface area contributed by atoms with Crippen LogP contribution in [0.25, 0.3) is 32.8 Å². The zero-order chi connectivity index (χ0) is 18.3. The van der Waals surface area contributed by atoms with Crippen molar-refractivity contribution in [3.8, 4) is 27.6 Å². The van der Waals surface area contributed by atoms with Gasteiger partial charge in [-0.25, -0.2) is 9.78 Å². The maximum Gasteiger partial charge on any atom is 0.346 e. The van der Waals surface area contributed by atoms with Crippen LogP contribution in [-0.4, -0.2) is 10.1 Å². The summed E-state index contributed by atoms with van der Waals surface area (Å²) in [5.41, 5.74) is 2.25. The summed E-state index contributed by atoms with van der Waals surface area (Å²) >= 11 is 4.95. The van der Waals surface area contributed by atoms with Crippen molar-refractivity contribution in [3.05, 3.63) is 68.3 Å². The second-order valence-corrected chi connectivity index (χ2v) is 7.82. The fraction of sp³-hybridized carbons (Fsp3) is 0.100. The molecule has 1 N–H and O–H groups in total. The summed E-state index contributed by atoms with van der Waals surface area (Å²) in [5, 5.41) is 10.9. The third-order valence-corrected chi connectivity index (χ3v) is 5.85. The van der Waals surface area contributed by atoms with Gasteiger partial charge < -0.3 is 9.52 Å². The lowest BCUT2D eigenvalue weighted by atomic mass is 10.1. The summed E-state index contributed by atoms with van der Waals surface area (Å²) < 4.78 is 6.38. The molecule has 0 amide bonds. The normalized spacial score (nSPS) is 11.2. The summed E-state index contributed by atoms with van der Waals surface area (Å²) in [4.78, 5) is 18.3. The molecule has 4 rings (SSSR count). The number of phenolic OH excluding ortho intramolecular Hbond substituents is 1. The Kier molecular flexibility index (Phi) is 4.38. The lowest BCUT2D eigenvalue weighted by Gasteiger charge is -2.01. The monoisotopic (exact) mass is 427 g/mol. The first kappa shape index (κ1) is 17.0. The molecule has 0 saturated carbocycles. The van der Waals surface area contributed by atoms with E-state index in [4.69, 9.17) is 9.40 Å². The van der Waals surface area contributed by atoms with Gasteiger partial charge in [0.2, 0.25) is 0 Å². The molecule has 0 aliphatic rings. The van der Waals surface area contributed by atoms with E-state index >= 15 is 0 Å². The molecular formula is C20H14BrNO3S. The number of halogens is 1. The Hall–Kier alpha value is -2.44. The molecule has 0 bridgehead atoms. The minimum atomic E-state index is -0.457. The van der Waals surface area contributed by atoms with E-state index < -0.39 is 5.63 Å². The van der Waals surface area contributed by atoms with E-state index in [1.807, 2.05) is 24.3 Å². The molecule has 0 fully saturated rings. The van der Waals surface area contributed by atoms with Crippen LogP contribution in [0, 0.1) is 0 Å². The summed E-state index contributed by atoms with van der Waals surface area (Å²) in [5.74, 6) is 0.0634. The Morgan fingerprint density at radius 3 is 2.65 bits per heavy atom. The van der Waals surface area contributed by atoms with Crippen molar-refractivity contribution >= 4 is 38.2 Å². The van der Waals surface area contributed by atoms with Crippen molar-refractivity contribution in [2.75, 3.05) is 0 Å². The number of hydrogen-bond donors (Lipinski definition) is 1. The molecule has 0 unspecified atom stereocenters. The topological polar surface area (TPSA) is 63.3 Å². The van der Waals surface area contributed by atoms with Crippen LogP contribution in [0.4, 0.5) is 0 Å². The van der Waals surface area contributed by atoms with Gasteiger partial charge in [-0.2, -0.15) is 0 Å². The molecule has 0 saturated heterocycles. The van der Waals surface area contributed by atoms with Crippen LogP contribution in [0.5, 0.6) is 5.75 Å². The van der Waals surface area contributed by atoms with E-state index in [2.05, 4.69) is 22.9 Å². The fourth-order valence-electron chi connectivity index (χ4n) is 2.79. The number of aryl methyl sites for hydroxylation is 1. The van der Waals surface area contributed by atoms with Gasteiger partial charge in [0.05, 0.1) is 11.3 Å². The van der Waals surface area contributed by atoms with Crippen molar-refractivity contribution in [2.24, 2.45) is 0 Å². The second-order valence-electron chi connectivity index (χ2n) is 5.82. The van der Waals surface area contributed by atoms with Gasteiger partial charge in [0, 0.05) is 26.4 Å². The molecule has 2 aromatic heterocycles. The smallest absolute Gasteiger partial charge is 0.346 e. The minimum absolute atomic E-state index is 0.0634. The zero-order valence-electron chi connectivity index (χ0n) is 13.8. The lowest BCUT2D eigenvalue weighted by Crippen LogP contribution is -2.02. The van der Waals surface area contributed by atoms with Crippen LogP contribution in [0.3, 0.4) is 0 Å². The molecular weight excluding hydrogens is 414 g/mol. The van der Waals surface area contributed by atoms with Gasteiger partial charge in [-0.1, -0.05) is 35.0 Å². The van der Waals surface area contributed by atoms with Gasteiger partial charge in [-0.05, 0) is 36.8 Å². The number of phenols is 1. The number of aromatic hydroxyl groups is 1. The first-order chi connectivity index (χ1) is 12.5. The number of fused-ring (bicyclic) bond motifs is 1. The predicted octanol–water partition coefficient (Wildman–Crippen LogP) is 5.61. The summed E-state index contributed by atoms with van der Waals surface area (Å²) in [6, 6.07) is 14.5. The molecule has 0 atom stereocenters. The van der Waals surface area contributed by atoms with Gasteiger partial charge in [0.25, 0.3) is 0 Å². The molecule has 0 radical (unpaired) electrons. The Bertz CT molecular complexity index is 1160. The minimum Gasteiger partial charge on any atom is -0.508 e. The van der Waals surface area contributed by atoms with Gasteiger partial charge >= 0.3 is 5.63 Å². The van der Waals surface area contributed by atoms with Gasteiger partial charge in [-0.3, -0.25) is 0 Å². The van der Waals surface area contributed by atoms with Crippen molar-refractivity contribution in [1.29, 1.82) is 0 Å². The van der Waals surface area contributed by atoms with Crippen LogP contribution in [-0.2, 0) is 6.42 Å². The summed E-state index contributed by atoms with van der Waals surface area (Å²) in [6.07, 6.45) is 0.829. The molecule has 6 heteroatoms. The average Bonchev–Trinajstić information content (AvgIpc) is 3.05. The van der Waals surface area contributed by atoms with Crippen LogP contribution < -0.4 is 5.63 Å². The summed E-state index contributed by atoms with van der Waals surface area (Å²) in [6.45, 7) is 2.07. The standard InChI is InChI=1S/C20H14BrNO3S/c1-2-17-18(11-3-6-13(21)7-4-11)22-19(26-17)15-9-12-5-8-14(23)10-16(12)25-20(15)24/h3-10,23H,2H2,1H3. The molecule has 4 nitrogen and oxygen atoms in total. The van der Waals surface area contributed by atoms with E-state index in [9.17, 15) is 9.90 Å². The molecule has 0 aliphatic carbocycles. The van der Waals surface area contributed by atoms with Crippen LogP contribution in [0.15, 0.2) is 62.2 Å². The highest BCUT2D eigenvalue weighted by Gasteiger charge is 2.17. The van der Waals surface area contributed by atoms with Gasteiger partial charge in [-0.15, -0.1) is 11.3 Å². The Morgan fingerprint density at radius 2 is 1.92 bits per heavy atom. The van der Waals surface area contributed by atoms with E-state index in [-0.39, 0.29) is 5.75 Å². The molecule has 2 aromatic carbocycles. The third kappa shape index (κ3) is 3.06. The second kappa shape index (κ2) is 6.70. The van der Waals surface area contributed by atoms with Gasteiger partial charge in [0.1, 0.15) is 16.3 Å². The maximum absolute atomic E-state index is 12.4. The first-order valence-corrected chi connectivity index (χ1v) is 9.69. The predicted molar refractivity (Wildman–Crippen MR) is 108 cm³/mol. The molecule has 26 heavy (non-hydrogen) atoms. The average molecular weight is 428 g/mol. The number of nitrogens with zero attached hydrogens (tertiary/aromatic N) is 1. The largest absolute Gasteiger partial charge is 0.508 e.